The maximum atomic E-state index is 12.3. The molecule has 0 fully saturated rings. The number of para-hydroxylation sites is 1. The van der Waals surface area contributed by atoms with Crippen LogP contribution in [0.5, 0.6) is 0 Å². The first-order valence-electron chi connectivity index (χ1n) is 6.58. The first-order valence-corrected chi connectivity index (χ1v) is 6.58. The van der Waals surface area contributed by atoms with E-state index in [1.807, 2.05) is 36.4 Å². The third-order valence-corrected chi connectivity index (χ3v) is 3.41. The predicted molar refractivity (Wildman–Crippen MR) is 75.4 cm³/mol. The summed E-state index contributed by atoms with van der Waals surface area (Å²) in [4.78, 5) is 30.2. The van der Waals surface area contributed by atoms with Gasteiger partial charge in [-0.05, 0) is 24.3 Å². The molecule has 1 aliphatic rings. The van der Waals surface area contributed by atoms with Crippen LogP contribution in [0.2, 0.25) is 0 Å². The summed E-state index contributed by atoms with van der Waals surface area (Å²) in [5.41, 5.74) is 2.12. The lowest BCUT2D eigenvalue weighted by molar-refractivity contribution is -0.118. The van der Waals surface area contributed by atoms with E-state index >= 15 is 0 Å². The Balaban J connectivity index is 2.01. The van der Waals surface area contributed by atoms with E-state index in [0.717, 1.165) is 5.69 Å². The maximum Gasteiger partial charge on any atom is 0.227 e. The molecule has 1 aromatic heterocycles. The van der Waals surface area contributed by atoms with Gasteiger partial charge in [-0.25, -0.2) is 0 Å². The fourth-order valence-corrected chi connectivity index (χ4v) is 2.40. The number of fused-ring (bicyclic) bond motifs is 1. The summed E-state index contributed by atoms with van der Waals surface area (Å²) in [6.07, 6.45) is 2.23. The fourth-order valence-electron chi connectivity index (χ4n) is 2.40. The Hall–Kier alpha value is -2.49. The van der Waals surface area contributed by atoms with Gasteiger partial charge in [-0.2, -0.15) is 0 Å². The number of rotatable bonds is 2. The third-order valence-electron chi connectivity index (χ3n) is 3.41. The number of pyridine rings is 1. The monoisotopic (exact) mass is 266 g/mol. The summed E-state index contributed by atoms with van der Waals surface area (Å²) in [5, 5.41) is 0. The summed E-state index contributed by atoms with van der Waals surface area (Å²) in [6.45, 7) is 0.393. The maximum absolute atomic E-state index is 12.3. The van der Waals surface area contributed by atoms with Gasteiger partial charge < -0.3 is 4.90 Å². The van der Waals surface area contributed by atoms with Crippen LogP contribution in [-0.4, -0.2) is 16.7 Å². The number of anilines is 1. The number of benzene rings is 1. The molecular formula is C16H14N2O2. The normalized spacial score (nSPS) is 14.9. The van der Waals surface area contributed by atoms with Crippen molar-refractivity contribution in [3.63, 3.8) is 0 Å². The molecule has 3 rings (SSSR count). The summed E-state index contributed by atoms with van der Waals surface area (Å²) in [6, 6.07) is 12.9. The number of carbonyl (C=O) groups is 2. The first kappa shape index (κ1) is 12.5. The van der Waals surface area contributed by atoms with Crippen molar-refractivity contribution in [1.29, 1.82) is 0 Å². The molecule has 4 heteroatoms. The van der Waals surface area contributed by atoms with Gasteiger partial charge in [0.05, 0.1) is 17.9 Å². The molecule has 1 aromatic carbocycles. The minimum atomic E-state index is -0.0334. The van der Waals surface area contributed by atoms with E-state index in [4.69, 9.17) is 0 Å². The zero-order chi connectivity index (χ0) is 13.9. The molecule has 0 aliphatic carbocycles. The number of hydrogen-bond donors (Lipinski definition) is 0. The van der Waals surface area contributed by atoms with Gasteiger partial charge in [0, 0.05) is 24.6 Å². The molecule has 0 saturated heterocycles. The Labute approximate surface area is 117 Å². The fraction of sp³-hybridized carbons (Fsp3) is 0.188. The van der Waals surface area contributed by atoms with Crippen LogP contribution in [0.3, 0.4) is 0 Å². The van der Waals surface area contributed by atoms with E-state index < -0.39 is 0 Å². The van der Waals surface area contributed by atoms with Crippen molar-refractivity contribution in [2.45, 2.75) is 19.4 Å². The van der Waals surface area contributed by atoms with E-state index in [1.165, 1.54) is 0 Å². The van der Waals surface area contributed by atoms with Gasteiger partial charge in [0.2, 0.25) is 5.91 Å². The molecule has 0 spiro atoms. The molecule has 20 heavy (non-hydrogen) atoms. The molecule has 1 aliphatic heterocycles. The largest absolute Gasteiger partial charge is 0.306 e. The summed E-state index contributed by atoms with van der Waals surface area (Å²) in [7, 11) is 0. The van der Waals surface area contributed by atoms with Gasteiger partial charge in [0.25, 0.3) is 0 Å². The first-order chi connectivity index (χ1) is 9.75. The van der Waals surface area contributed by atoms with E-state index in [-0.39, 0.29) is 24.5 Å². The van der Waals surface area contributed by atoms with E-state index in [9.17, 15) is 9.59 Å². The summed E-state index contributed by atoms with van der Waals surface area (Å²) >= 11 is 0. The van der Waals surface area contributed by atoms with Crippen molar-refractivity contribution >= 4 is 17.4 Å². The average molecular weight is 266 g/mol. The van der Waals surface area contributed by atoms with Crippen LogP contribution in [0.15, 0.2) is 48.7 Å². The van der Waals surface area contributed by atoms with Crippen molar-refractivity contribution in [2.75, 3.05) is 4.90 Å². The lowest BCUT2D eigenvalue weighted by atomic mass is 10.1. The second-order valence-corrected chi connectivity index (χ2v) is 4.74. The lowest BCUT2D eigenvalue weighted by Crippen LogP contribution is -2.29. The van der Waals surface area contributed by atoms with Crippen LogP contribution in [0, 0.1) is 0 Å². The minimum absolute atomic E-state index is 0.0254. The van der Waals surface area contributed by atoms with E-state index in [1.54, 1.807) is 17.2 Å². The van der Waals surface area contributed by atoms with Gasteiger partial charge in [-0.3, -0.25) is 14.6 Å². The van der Waals surface area contributed by atoms with E-state index in [2.05, 4.69) is 4.98 Å². The number of hydrogen-bond acceptors (Lipinski definition) is 3. The highest BCUT2D eigenvalue weighted by molar-refractivity contribution is 6.09. The van der Waals surface area contributed by atoms with Crippen LogP contribution in [-0.2, 0) is 11.3 Å². The number of Topliss-reactive ketones (excluding diaryl/α,β-unsaturated/α-hetero) is 1. The van der Waals surface area contributed by atoms with Gasteiger partial charge in [0.15, 0.2) is 5.78 Å². The van der Waals surface area contributed by atoms with Crippen molar-refractivity contribution in [2.24, 2.45) is 0 Å². The van der Waals surface area contributed by atoms with Crippen molar-refractivity contribution in [3.05, 3.63) is 59.9 Å². The Morgan fingerprint density at radius 3 is 2.60 bits per heavy atom. The number of aromatic nitrogens is 1. The molecule has 2 aromatic rings. The third kappa shape index (κ3) is 2.32. The Kier molecular flexibility index (Phi) is 3.29. The van der Waals surface area contributed by atoms with E-state index in [0.29, 0.717) is 17.8 Å². The number of carbonyl (C=O) groups excluding carboxylic acids is 2. The minimum Gasteiger partial charge on any atom is -0.306 e. The standard InChI is InChI=1S/C16H14N2O2/c19-15-8-9-16(20)18(11-12-5-3-4-10-17-12)14-7-2-1-6-13(14)15/h1-7,10H,8-9,11H2. The molecule has 0 saturated carbocycles. The highest BCUT2D eigenvalue weighted by Gasteiger charge is 2.26. The SMILES string of the molecule is O=C1CCC(=O)N(Cc2ccccn2)c2ccccc21. The molecule has 0 N–H and O–H groups in total. The van der Waals surface area contributed by atoms with Crippen LogP contribution in [0.1, 0.15) is 28.9 Å². The Morgan fingerprint density at radius 2 is 1.80 bits per heavy atom. The number of ketones is 1. The molecule has 2 heterocycles. The number of amides is 1. The summed E-state index contributed by atoms with van der Waals surface area (Å²) in [5.74, 6) is -0.00794. The zero-order valence-corrected chi connectivity index (χ0v) is 11.0. The van der Waals surface area contributed by atoms with Crippen LogP contribution >= 0.6 is 0 Å². The summed E-state index contributed by atoms with van der Waals surface area (Å²) < 4.78 is 0. The second-order valence-electron chi connectivity index (χ2n) is 4.74. The highest BCUT2D eigenvalue weighted by atomic mass is 16.2. The quantitative estimate of drug-likeness (QED) is 0.839. The van der Waals surface area contributed by atoms with Gasteiger partial charge in [0.1, 0.15) is 0 Å². The molecular weight excluding hydrogens is 252 g/mol. The van der Waals surface area contributed by atoms with Crippen LogP contribution < -0.4 is 4.90 Å². The van der Waals surface area contributed by atoms with Crippen molar-refractivity contribution in [3.8, 4) is 0 Å². The van der Waals surface area contributed by atoms with Crippen molar-refractivity contribution in [1.82, 2.24) is 4.98 Å². The Morgan fingerprint density at radius 1 is 1.00 bits per heavy atom. The predicted octanol–water partition coefficient (Wildman–Crippen LogP) is 2.59. The van der Waals surface area contributed by atoms with Gasteiger partial charge in [-0.1, -0.05) is 18.2 Å². The molecule has 0 bridgehead atoms. The van der Waals surface area contributed by atoms with Crippen molar-refractivity contribution < 1.29 is 9.59 Å². The molecule has 4 nitrogen and oxygen atoms in total. The second kappa shape index (κ2) is 5.25. The highest BCUT2D eigenvalue weighted by Crippen LogP contribution is 2.27. The average Bonchev–Trinajstić information content (AvgIpc) is 2.61. The molecule has 100 valence electrons. The smallest absolute Gasteiger partial charge is 0.227 e. The Bertz CT molecular complexity index is 653. The number of nitrogens with zero attached hydrogens (tertiary/aromatic N) is 2. The topological polar surface area (TPSA) is 50.3 Å². The lowest BCUT2D eigenvalue weighted by Gasteiger charge is -2.22. The van der Waals surface area contributed by atoms with Gasteiger partial charge in [-0.15, -0.1) is 0 Å². The molecule has 0 atom stereocenters. The molecule has 0 radical (unpaired) electrons. The molecule has 0 unspecified atom stereocenters. The van der Waals surface area contributed by atoms with Crippen LogP contribution in [0.25, 0.3) is 0 Å². The van der Waals surface area contributed by atoms with Gasteiger partial charge >= 0.3 is 0 Å². The molecule has 1 amide bonds. The van der Waals surface area contributed by atoms with Crippen LogP contribution in [0.4, 0.5) is 5.69 Å². The zero-order valence-electron chi connectivity index (χ0n) is 11.0.